The molecular formula is C41H33N9O16S5. The van der Waals surface area contributed by atoms with E-state index in [1.165, 1.54) is 59.9 Å². The lowest BCUT2D eigenvalue weighted by Gasteiger charge is -2.11. The molecule has 71 heavy (non-hydrogen) atoms. The van der Waals surface area contributed by atoms with E-state index in [0.717, 1.165) is 27.7 Å². The van der Waals surface area contributed by atoms with Crippen molar-refractivity contribution in [2.45, 2.75) is 34.6 Å². The number of aliphatic hydroxyl groups excluding tert-OH is 1. The molecule has 0 radical (unpaired) electrons. The molecule has 2 aromatic heterocycles. The number of benzene rings is 6. The van der Waals surface area contributed by atoms with Crippen LogP contribution in [0.25, 0.3) is 37.4 Å². The van der Waals surface area contributed by atoms with Gasteiger partial charge in [0.05, 0.1) is 51.7 Å². The molecule has 0 fully saturated rings. The van der Waals surface area contributed by atoms with Crippen LogP contribution in [0.15, 0.2) is 136 Å². The quantitative estimate of drug-likeness (QED) is 0.0270. The molecule has 0 spiro atoms. The molecule has 0 unspecified atom stereocenters. The van der Waals surface area contributed by atoms with E-state index in [2.05, 4.69) is 40.8 Å². The zero-order chi connectivity index (χ0) is 51.2. The summed E-state index contributed by atoms with van der Waals surface area (Å²) in [5.74, 6) is -1.86. The minimum atomic E-state index is -5.14. The molecule has 0 saturated carbocycles. The molecule has 2 heterocycles. The Labute approximate surface area is 404 Å². The fourth-order valence-electron chi connectivity index (χ4n) is 6.95. The maximum absolute atomic E-state index is 12.8. The third-order valence-corrected chi connectivity index (χ3v) is 14.6. The molecule has 8 aromatic rings. The summed E-state index contributed by atoms with van der Waals surface area (Å²) in [6, 6.07) is 18.0. The normalized spacial score (nSPS) is 13.0. The number of nitrogens with zero attached hydrogens (tertiary/aromatic N) is 9. The Morgan fingerprint density at radius 1 is 0.662 bits per heavy atom. The number of aromatic nitrogens is 3. The molecule has 368 valence electrons. The van der Waals surface area contributed by atoms with Crippen LogP contribution in [0.3, 0.4) is 0 Å². The fraction of sp³-hybridized carbons (Fsp3) is 0.122. The smallest absolute Gasteiger partial charge is 0.297 e. The maximum atomic E-state index is 12.8. The first-order chi connectivity index (χ1) is 33.4. The summed E-state index contributed by atoms with van der Waals surface area (Å²) in [5, 5.41) is 60.2. The van der Waals surface area contributed by atoms with Crippen molar-refractivity contribution in [3.63, 3.8) is 0 Å². The molecule has 7 N–H and O–H groups in total. The highest BCUT2D eigenvalue weighted by atomic mass is 32.2. The molecular weight excluding hydrogens is 1030 g/mol. The topological polar surface area (TPSA) is 392 Å². The molecule has 8 rings (SSSR count). The van der Waals surface area contributed by atoms with Crippen molar-refractivity contribution in [1.82, 2.24) is 14.8 Å². The number of phenolic OH excluding ortho intramolecular Hbond substituents is 1. The number of ether oxygens (including phenoxy) is 1. The standard InChI is InChI=1S/C41H33N9O16S5/c1-21-13-33(35(66-11-2-12-68(54,55)56)18-32(21)46-49-41-43-29-8-3-22(20-51)14-36(29)67-41)47-44-30-9-7-28-27(38(30)52)6-10-31(39(28)71(63,64)65)45-48-34-19-42-50(40(34)53)24-4-5-26-23(15-24)16-25(69(57,58)59)17-37(26)70(60,61)62/h3-10,13-19,51-53H,2,11-12,20H2,1H3,(H,54,55,56)(H,57,58,59)(H,60,61,62)(H,63,64,65). The van der Waals surface area contributed by atoms with E-state index in [-0.39, 0.29) is 69.7 Å². The van der Waals surface area contributed by atoms with Crippen molar-refractivity contribution in [3.8, 4) is 23.1 Å². The average Bonchev–Trinajstić information content (AvgIpc) is 3.89. The number of hydrogen-bond acceptors (Lipinski definition) is 21. The highest BCUT2D eigenvalue weighted by molar-refractivity contribution is 7.87. The van der Waals surface area contributed by atoms with Gasteiger partial charge in [-0.05, 0) is 90.5 Å². The second kappa shape index (κ2) is 19.2. The summed E-state index contributed by atoms with van der Waals surface area (Å²) in [4.78, 5) is 1.93. The Hall–Kier alpha value is -7.26. The van der Waals surface area contributed by atoms with Gasteiger partial charge in [-0.1, -0.05) is 29.5 Å². The molecule has 0 atom stereocenters. The molecule has 30 heteroatoms. The Balaban J connectivity index is 1.09. The largest absolute Gasteiger partial charge is 0.505 e. The third-order valence-electron chi connectivity index (χ3n) is 10.2. The van der Waals surface area contributed by atoms with E-state index in [0.29, 0.717) is 33.5 Å². The highest BCUT2D eigenvalue weighted by Crippen LogP contribution is 2.44. The number of thiazole rings is 1. The Kier molecular flexibility index (Phi) is 13.5. The number of aromatic hydroxyl groups is 2. The van der Waals surface area contributed by atoms with Crippen LogP contribution in [0, 0.1) is 6.92 Å². The molecule has 0 saturated heterocycles. The van der Waals surface area contributed by atoms with Gasteiger partial charge >= 0.3 is 0 Å². The fourth-order valence-corrected chi connectivity index (χ4v) is 10.5. The van der Waals surface area contributed by atoms with Crippen molar-refractivity contribution in [1.29, 1.82) is 0 Å². The number of hydrogen-bond donors (Lipinski definition) is 7. The number of fused-ring (bicyclic) bond motifs is 3. The number of aryl methyl sites for hydroxylation is 1. The van der Waals surface area contributed by atoms with E-state index in [9.17, 15) is 67.2 Å². The van der Waals surface area contributed by atoms with Crippen LogP contribution in [0.5, 0.6) is 17.4 Å². The van der Waals surface area contributed by atoms with Gasteiger partial charge in [-0.15, -0.1) is 30.7 Å². The Bertz CT molecular complexity index is 4050. The van der Waals surface area contributed by atoms with Gasteiger partial charge in [0.1, 0.15) is 32.6 Å². The van der Waals surface area contributed by atoms with Gasteiger partial charge in [0.15, 0.2) is 11.4 Å². The molecule has 0 aliphatic carbocycles. The van der Waals surface area contributed by atoms with E-state index >= 15 is 0 Å². The second-order valence-corrected chi connectivity index (χ2v) is 21.9. The van der Waals surface area contributed by atoms with E-state index < -0.39 is 78.2 Å². The highest BCUT2D eigenvalue weighted by Gasteiger charge is 2.24. The predicted octanol–water partition coefficient (Wildman–Crippen LogP) is 8.64. The Morgan fingerprint density at radius 3 is 2.04 bits per heavy atom. The summed E-state index contributed by atoms with van der Waals surface area (Å²) in [6.45, 7) is 1.32. The van der Waals surface area contributed by atoms with Gasteiger partial charge in [-0.3, -0.25) is 18.2 Å². The zero-order valence-corrected chi connectivity index (χ0v) is 39.9. The number of azo groups is 3. The summed E-state index contributed by atoms with van der Waals surface area (Å²) < 4.78 is 143. The maximum Gasteiger partial charge on any atom is 0.297 e. The van der Waals surface area contributed by atoms with Crippen LogP contribution < -0.4 is 4.74 Å². The van der Waals surface area contributed by atoms with Crippen LogP contribution >= 0.6 is 11.3 Å². The number of phenols is 1. The average molecular weight is 1070 g/mol. The van der Waals surface area contributed by atoms with Gasteiger partial charge in [-0.25, -0.2) is 4.98 Å². The van der Waals surface area contributed by atoms with Crippen molar-refractivity contribution in [3.05, 3.63) is 102 Å². The summed E-state index contributed by atoms with van der Waals surface area (Å²) >= 11 is 1.24. The minimum absolute atomic E-state index is 0.00740. The van der Waals surface area contributed by atoms with Gasteiger partial charge in [-0.2, -0.15) is 43.5 Å². The SMILES string of the molecule is Cc1cc(N=Nc2ccc3c(S(=O)(=O)O)c(N=Nc4cnn(-c5ccc6c(S(=O)(=O)O)cc(S(=O)(=O)O)cc6c5)c4O)ccc3c2O)c(OCCCS(=O)(=O)O)cc1N=Nc1nc2ccc(CO)cc2s1. The van der Waals surface area contributed by atoms with E-state index in [1.807, 2.05) is 0 Å². The minimum Gasteiger partial charge on any atom is -0.505 e. The lowest BCUT2D eigenvalue weighted by atomic mass is 10.1. The monoisotopic (exact) mass is 1070 g/mol. The summed E-state index contributed by atoms with van der Waals surface area (Å²) in [5.41, 5.74) is 1.19. The molecule has 0 aliphatic heterocycles. The summed E-state index contributed by atoms with van der Waals surface area (Å²) in [7, 11) is -19.4. The molecule has 0 amide bonds. The van der Waals surface area contributed by atoms with Gasteiger partial charge in [0, 0.05) is 22.2 Å². The molecule has 25 nitrogen and oxygen atoms in total. The zero-order valence-electron chi connectivity index (χ0n) is 35.9. The van der Waals surface area contributed by atoms with Crippen LogP contribution in [0.1, 0.15) is 17.5 Å². The first-order valence-corrected chi connectivity index (χ1v) is 26.7. The summed E-state index contributed by atoms with van der Waals surface area (Å²) in [6.07, 6.45) is 0.878. The van der Waals surface area contributed by atoms with Gasteiger partial charge < -0.3 is 20.1 Å². The van der Waals surface area contributed by atoms with Crippen LogP contribution in [-0.4, -0.2) is 94.3 Å². The van der Waals surface area contributed by atoms with Crippen molar-refractivity contribution in [2.75, 3.05) is 12.4 Å². The number of rotatable bonds is 16. The van der Waals surface area contributed by atoms with E-state index in [4.69, 9.17) is 4.74 Å². The lowest BCUT2D eigenvalue weighted by molar-refractivity contribution is 0.282. The van der Waals surface area contributed by atoms with Crippen LogP contribution in [-0.2, 0) is 47.1 Å². The van der Waals surface area contributed by atoms with Gasteiger partial charge in [0.2, 0.25) is 11.0 Å². The Morgan fingerprint density at radius 2 is 1.34 bits per heavy atom. The lowest BCUT2D eigenvalue weighted by Crippen LogP contribution is -2.08. The van der Waals surface area contributed by atoms with E-state index in [1.54, 1.807) is 25.1 Å². The number of aliphatic hydroxyl groups is 1. The van der Waals surface area contributed by atoms with Crippen molar-refractivity contribution in [2.24, 2.45) is 30.7 Å². The van der Waals surface area contributed by atoms with Crippen molar-refractivity contribution >= 4 is 117 Å². The van der Waals surface area contributed by atoms with Crippen molar-refractivity contribution < 1.29 is 71.9 Å². The third kappa shape index (κ3) is 11.0. The molecule has 0 aliphatic rings. The van der Waals surface area contributed by atoms with Gasteiger partial charge in [0.25, 0.3) is 40.5 Å². The first kappa shape index (κ1) is 50.1. The molecule has 6 aromatic carbocycles. The first-order valence-electron chi connectivity index (χ1n) is 19.9. The van der Waals surface area contributed by atoms with Crippen LogP contribution in [0.2, 0.25) is 0 Å². The van der Waals surface area contributed by atoms with Crippen LogP contribution in [0.4, 0.5) is 33.6 Å². The predicted molar refractivity (Wildman–Crippen MR) is 254 cm³/mol. The molecule has 0 bridgehead atoms. The second-order valence-electron chi connectivity index (χ2n) is 15.1.